The van der Waals surface area contributed by atoms with Crippen molar-refractivity contribution in [1.29, 1.82) is 5.26 Å². The zero-order valence-electron chi connectivity index (χ0n) is 9.44. The SMILES string of the molecule is CC[C@H](Oc1ccccc1Cl)C(=O)NCC#N. The highest BCUT2D eigenvalue weighted by Gasteiger charge is 2.18. The van der Waals surface area contributed by atoms with E-state index in [1.807, 2.05) is 13.0 Å². The Morgan fingerprint density at radius 1 is 1.59 bits per heavy atom. The molecular weight excluding hydrogens is 240 g/mol. The number of benzene rings is 1. The second kappa shape index (κ2) is 6.77. The van der Waals surface area contributed by atoms with E-state index in [9.17, 15) is 4.79 Å². The minimum Gasteiger partial charge on any atom is -0.479 e. The Kier molecular flexibility index (Phi) is 5.31. The first-order valence-corrected chi connectivity index (χ1v) is 5.62. The van der Waals surface area contributed by atoms with Crippen molar-refractivity contribution in [1.82, 2.24) is 5.32 Å². The Morgan fingerprint density at radius 2 is 2.29 bits per heavy atom. The standard InChI is InChI=1S/C12H13ClN2O2/c1-2-10(12(16)15-8-7-14)17-11-6-4-3-5-9(11)13/h3-6,10H,2,8H2,1H3,(H,15,16)/t10-/m0/s1. The van der Waals surface area contributed by atoms with E-state index in [1.165, 1.54) is 0 Å². The van der Waals surface area contributed by atoms with Gasteiger partial charge in [0.05, 0.1) is 11.1 Å². The number of ether oxygens (including phenoxy) is 1. The first-order valence-electron chi connectivity index (χ1n) is 5.25. The maximum atomic E-state index is 11.6. The molecule has 0 spiro atoms. The van der Waals surface area contributed by atoms with E-state index in [2.05, 4.69) is 5.32 Å². The summed E-state index contributed by atoms with van der Waals surface area (Å²) >= 11 is 5.93. The van der Waals surface area contributed by atoms with Crippen LogP contribution in [0.1, 0.15) is 13.3 Å². The fraction of sp³-hybridized carbons (Fsp3) is 0.333. The lowest BCUT2D eigenvalue weighted by atomic mass is 10.2. The van der Waals surface area contributed by atoms with Gasteiger partial charge in [0.15, 0.2) is 6.10 Å². The van der Waals surface area contributed by atoms with Crippen molar-refractivity contribution in [3.05, 3.63) is 29.3 Å². The summed E-state index contributed by atoms with van der Waals surface area (Å²) in [5.74, 6) is 0.155. The van der Waals surface area contributed by atoms with E-state index in [0.29, 0.717) is 17.2 Å². The number of nitriles is 1. The van der Waals surface area contributed by atoms with Crippen molar-refractivity contribution >= 4 is 17.5 Å². The fourth-order valence-corrected chi connectivity index (χ4v) is 1.44. The van der Waals surface area contributed by atoms with Crippen LogP contribution in [-0.2, 0) is 4.79 Å². The molecule has 90 valence electrons. The lowest BCUT2D eigenvalue weighted by molar-refractivity contribution is -0.127. The number of nitrogens with zero attached hydrogens (tertiary/aromatic N) is 1. The van der Waals surface area contributed by atoms with Gasteiger partial charge in [0.1, 0.15) is 12.3 Å². The van der Waals surface area contributed by atoms with Gasteiger partial charge in [0, 0.05) is 0 Å². The van der Waals surface area contributed by atoms with Gasteiger partial charge in [0.2, 0.25) is 0 Å². The normalized spacial score (nSPS) is 11.4. The fourth-order valence-electron chi connectivity index (χ4n) is 1.26. The predicted octanol–water partition coefficient (Wildman–Crippen LogP) is 2.14. The molecular formula is C12H13ClN2O2. The zero-order valence-corrected chi connectivity index (χ0v) is 10.2. The van der Waals surface area contributed by atoms with Crippen LogP contribution < -0.4 is 10.1 Å². The third-order valence-corrected chi connectivity index (χ3v) is 2.42. The van der Waals surface area contributed by atoms with E-state index in [1.54, 1.807) is 24.3 Å². The van der Waals surface area contributed by atoms with Gasteiger partial charge >= 0.3 is 0 Å². The number of carbonyl (C=O) groups excluding carboxylic acids is 1. The van der Waals surface area contributed by atoms with Crippen molar-refractivity contribution in [2.24, 2.45) is 0 Å². The molecule has 0 aliphatic heterocycles. The quantitative estimate of drug-likeness (QED) is 0.817. The highest BCUT2D eigenvalue weighted by molar-refractivity contribution is 6.32. The molecule has 0 radical (unpaired) electrons. The molecule has 0 aliphatic rings. The van der Waals surface area contributed by atoms with Crippen LogP contribution in [-0.4, -0.2) is 18.6 Å². The number of nitrogens with one attached hydrogen (secondary N) is 1. The molecule has 0 saturated heterocycles. The number of hydrogen-bond donors (Lipinski definition) is 1. The number of hydrogen-bond acceptors (Lipinski definition) is 3. The molecule has 5 heteroatoms. The third kappa shape index (κ3) is 3.97. The second-order valence-corrected chi connectivity index (χ2v) is 3.73. The van der Waals surface area contributed by atoms with Crippen molar-refractivity contribution in [3.8, 4) is 11.8 Å². The number of rotatable bonds is 5. The molecule has 1 aromatic rings. The van der Waals surface area contributed by atoms with Crippen LogP contribution in [0.5, 0.6) is 5.75 Å². The largest absolute Gasteiger partial charge is 0.479 e. The summed E-state index contributed by atoms with van der Waals surface area (Å²) in [7, 11) is 0. The molecule has 17 heavy (non-hydrogen) atoms. The van der Waals surface area contributed by atoms with Gasteiger partial charge in [-0.15, -0.1) is 0 Å². The van der Waals surface area contributed by atoms with Gasteiger partial charge in [-0.1, -0.05) is 30.7 Å². The van der Waals surface area contributed by atoms with E-state index >= 15 is 0 Å². The molecule has 0 unspecified atom stereocenters. The van der Waals surface area contributed by atoms with E-state index in [4.69, 9.17) is 21.6 Å². The van der Waals surface area contributed by atoms with Crippen molar-refractivity contribution in [2.75, 3.05) is 6.54 Å². The van der Waals surface area contributed by atoms with Crippen LogP contribution in [0.2, 0.25) is 5.02 Å². The highest BCUT2D eigenvalue weighted by Crippen LogP contribution is 2.24. The second-order valence-electron chi connectivity index (χ2n) is 3.32. The summed E-state index contributed by atoms with van der Waals surface area (Å²) in [6, 6.07) is 8.79. The molecule has 0 heterocycles. The van der Waals surface area contributed by atoms with E-state index in [0.717, 1.165) is 0 Å². The summed E-state index contributed by atoms with van der Waals surface area (Å²) in [4.78, 5) is 11.6. The summed E-state index contributed by atoms with van der Waals surface area (Å²) < 4.78 is 5.50. The van der Waals surface area contributed by atoms with Gasteiger partial charge in [0.25, 0.3) is 5.91 Å². The maximum absolute atomic E-state index is 11.6. The Balaban J connectivity index is 2.67. The van der Waals surface area contributed by atoms with Crippen LogP contribution in [0, 0.1) is 11.3 Å². The van der Waals surface area contributed by atoms with Crippen molar-refractivity contribution in [3.63, 3.8) is 0 Å². The Labute approximate surface area is 105 Å². The number of para-hydroxylation sites is 1. The first-order chi connectivity index (χ1) is 8.19. The smallest absolute Gasteiger partial charge is 0.261 e. The van der Waals surface area contributed by atoms with Gasteiger partial charge in [-0.25, -0.2) is 0 Å². The monoisotopic (exact) mass is 252 g/mol. The van der Waals surface area contributed by atoms with Crippen LogP contribution in [0.15, 0.2) is 24.3 Å². The predicted molar refractivity (Wildman–Crippen MR) is 64.8 cm³/mol. The number of carbonyl (C=O) groups is 1. The molecule has 0 aliphatic carbocycles. The minimum atomic E-state index is -0.636. The van der Waals surface area contributed by atoms with Crippen LogP contribution >= 0.6 is 11.6 Å². The molecule has 0 bridgehead atoms. The van der Waals surface area contributed by atoms with E-state index < -0.39 is 6.10 Å². The molecule has 4 nitrogen and oxygen atoms in total. The van der Waals surface area contributed by atoms with Gasteiger partial charge in [-0.05, 0) is 18.6 Å². The van der Waals surface area contributed by atoms with E-state index in [-0.39, 0.29) is 12.5 Å². The Morgan fingerprint density at radius 3 is 2.88 bits per heavy atom. The molecule has 0 aromatic heterocycles. The van der Waals surface area contributed by atoms with Crippen LogP contribution in [0.3, 0.4) is 0 Å². The van der Waals surface area contributed by atoms with Gasteiger partial charge < -0.3 is 10.1 Å². The summed E-state index contributed by atoms with van der Waals surface area (Å²) in [6.45, 7) is 1.80. The minimum absolute atomic E-state index is 0.0266. The average molecular weight is 253 g/mol. The Hall–Kier alpha value is -1.73. The average Bonchev–Trinajstić information content (AvgIpc) is 2.35. The van der Waals surface area contributed by atoms with Crippen molar-refractivity contribution < 1.29 is 9.53 Å². The number of amides is 1. The molecule has 0 fully saturated rings. The summed E-state index contributed by atoms with van der Waals surface area (Å²) in [6.07, 6.45) is -0.133. The number of halogens is 1. The van der Waals surface area contributed by atoms with Gasteiger partial charge in [-0.3, -0.25) is 4.79 Å². The summed E-state index contributed by atoms with van der Waals surface area (Å²) in [5, 5.41) is 11.3. The molecule has 1 amide bonds. The zero-order chi connectivity index (χ0) is 12.7. The molecule has 0 saturated carbocycles. The van der Waals surface area contributed by atoms with Crippen LogP contribution in [0.25, 0.3) is 0 Å². The van der Waals surface area contributed by atoms with Crippen LogP contribution in [0.4, 0.5) is 0 Å². The topological polar surface area (TPSA) is 62.1 Å². The van der Waals surface area contributed by atoms with Gasteiger partial charge in [-0.2, -0.15) is 5.26 Å². The molecule has 1 rings (SSSR count). The third-order valence-electron chi connectivity index (χ3n) is 2.11. The van der Waals surface area contributed by atoms with Crippen molar-refractivity contribution in [2.45, 2.75) is 19.4 Å². The lowest BCUT2D eigenvalue weighted by Crippen LogP contribution is -2.38. The maximum Gasteiger partial charge on any atom is 0.261 e. The molecule has 1 aromatic carbocycles. The Bertz CT molecular complexity index is 429. The first kappa shape index (κ1) is 13.3. The highest BCUT2D eigenvalue weighted by atomic mass is 35.5. The molecule has 1 N–H and O–H groups in total. The molecule has 1 atom stereocenters. The summed E-state index contributed by atoms with van der Waals surface area (Å²) in [5.41, 5.74) is 0. The lowest BCUT2D eigenvalue weighted by Gasteiger charge is -2.17.